The second-order valence-electron chi connectivity index (χ2n) is 7.89. The Hall–Kier alpha value is -0.120. The molecule has 0 amide bonds. The highest BCUT2D eigenvalue weighted by Gasteiger charge is 2.35. The smallest absolute Gasteiger partial charge is 0.0546 e. The van der Waals surface area contributed by atoms with Crippen molar-refractivity contribution in [3.8, 4) is 0 Å². The molecule has 1 unspecified atom stereocenters. The first-order chi connectivity index (χ1) is 10.1. The van der Waals surface area contributed by atoms with Crippen LogP contribution in [0.4, 0.5) is 0 Å². The summed E-state index contributed by atoms with van der Waals surface area (Å²) in [5.41, 5.74) is 0.333. The van der Waals surface area contributed by atoms with Gasteiger partial charge in [0.25, 0.3) is 0 Å². The molecule has 3 nitrogen and oxygen atoms in total. The summed E-state index contributed by atoms with van der Waals surface area (Å²) in [4.78, 5) is 2.64. The normalized spacial score (nSPS) is 28.4. The Bertz CT molecular complexity index is 281. The van der Waals surface area contributed by atoms with Crippen molar-refractivity contribution < 1.29 is 4.74 Å². The van der Waals surface area contributed by atoms with Gasteiger partial charge in [0.1, 0.15) is 0 Å². The summed E-state index contributed by atoms with van der Waals surface area (Å²) in [5.74, 6) is 0.725. The van der Waals surface area contributed by atoms with Crippen LogP contribution in [-0.4, -0.2) is 50.8 Å². The average Bonchev–Trinajstić information content (AvgIpc) is 2.48. The zero-order chi connectivity index (χ0) is 15.1. The predicted octanol–water partition coefficient (Wildman–Crippen LogP) is 3.29. The maximum absolute atomic E-state index is 5.86. The number of nitrogens with zero attached hydrogens (tertiary/aromatic N) is 1. The van der Waals surface area contributed by atoms with E-state index >= 15 is 0 Å². The van der Waals surface area contributed by atoms with Crippen molar-refractivity contribution in [1.82, 2.24) is 10.2 Å². The van der Waals surface area contributed by atoms with E-state index in [-0.39, 0.29) is 0 Å². The van der Waals surface area contributed by atoms with Gasteiger partial charge >= 0.3 is 0 Å². The van der Waals surface area contributed by atoms with E-state index in [4.69, 9.17) is 4.74 Å². The van der Waals surface area contributed by atoms with Crippen molar-refractivity contribution in [3.05, 3.63) is 0 Å². The molecule has 1 saturated heterocycles. The zero-order valence-corrected chi connectivity index (χ0v) is 14.5. The highest BCUT2D eigenvalue weighted by Crippen LogP contribution is 2.31. The van der Waals surface area contributed by atoms with Gasteiger partial charge < -0.3 is 15.0 Å². The maximum atomic E-state index is 5.86. The minimum Gasteiger partial charge on any atom is -0.381 e. The van der Waals surface area contributed by atoms with E-state index in [9.17, 15) is 0 Å². The fourth-order valence-corrected chi connectivity index (χ4v) is 4.04. The average molecular weight is 296 g/mol. The monoisotopic (exact) mass is 296 g/mol. The number of nitrogens with one attached hydrogen (secondary N) is 1. The van der Waals surface area contributed by atoms with Crippen LogP contribution in [0.5, 0.6) is 0 Å². The van der Waals surface area contributed by atoms with Crippen molar-refractivity contribution in [3.63, 3.8) is 0 Å². The van der Waals surface area contributed by atoms with Crippen LogP contribution >= 0.6 is 0 Å². The highest BCUT2D eigenvalue weighted by molar-refractivity contribution is 4.89. The summed E-state index contributed by atoms with van der Waals surface area (Å²) < 4.78 is 5.86. The fraction of sp³-hybridized carbons (Fsp3) is 1.00. The third-order valence-corrected chi connectivity index (χ3v) is 5.24. The standard InChI is InChI=1S/C18H36N2O/c1-16(2)12-19-13-18(10-7-11-21-15-18)14-20(3)17-8-5-4-6-9-17/h16-17,19H,4-15H2,1-3H3. The van der Waals surface area contributed by atoms with Gasteiger partial charge in [-0.15, -0.1) is 0 Å². The Labute approximate surface area is 131 Å². The molecule has 1 atom stereocenters. The van der Waals surface area contributed by atoms with Crippen molar-refractivity contribution >= 4 is 0 Å². The van der Waals surface area contributed by atoms with Gasteiger partial charge in [0.2, 0.25) is 0 Å². The summed E-state index contributed by atoms with van der Waals surface area (Å²) in [6.45, 7) is 9.89. The van der Waals surface area contributed by atoms with E-state index in [0.717, 1.165) is 38.3 Å². The second kappa shape index (κ2) is 8.50. The molecule has 0 bridgehead atoms. The van der Waals surface area contributed by atoms with Gasteiger partial charge in [-0.05, 0) is 45.2 Å². The molecular weight excluding hydrogens is 260 g/mol. The van der Waals surface area contributed by atoms with Crippen LogP contribution in [0.2, 0.25) is 0 Å². The Morgan fingerprint density at radius 3 is 2.57 bits per heavy atom. The number of hydrogen-bond acceptors (Lipinski definition) is 3. The lowest BCUT2D eigenvalue weighted by Crippen LogP contribution is -2.51. The Kier molecular flexibility index (Phi) is 6.97. The molecule has 0 spiro atoms. The van der Waals surface area contributed by atoms with Crippen molar-refractivity contribution in [2.75, 3.05) is 39.9 Å². The second-order valence-corrected chi connectivity index (χ2v) is 7.89. The quantitative estimate of drug-likeness (QED) is 0.780. The minimum atomic E-state index is 0.333. The molecule has 0 aromatic carbocycles. The van der Waals surface area contributed by atoms with Gasteiger partial charge in [-0.3, -0.25) is 0 Å². The summed E-state index contributed by atoms with van der Waals surface area (Å²) >= 11 is 0. The molecule has 1 aliphatic carbocycles. The first-order valence-corrected chi connectivity index (χ1v) is 9.10. The van der Waals surface area contributed by atoms with E-state index in [0.29, 0.717) is 5.41 Å². The topological polar surface area (TPSA) is 24.5 Å². The molecular formula is C18H36N2O. The van der Waals surface area contributed by atoms with E-state index in [1.165, 1.54) is 51.5 Å². The Morgan fingerprint density at radius 1 is 1.19 bits per heavy atom. The van der Waals surface area contributed by atoms with Crippen molar-refractivity contribution in [1.29, 1.82) is 0 Å². The SMILES string of the molecule is CC(C)CNCC1(CN(C)C2CCCCC2)CCCOC1. The summed E-state index contributed by atoms with van der Waals surface area (Å²) in [6.07, 6.45) is 9.61. The van der Waals surface area contributed by atoms with E-state index in [2.05, 4.69) is 31.1 Å². The maximum Gasteiger partial charge on any atom is 0.0546 e. The van der Waals surface area contributed by atoms with Crippen LogP contribution in [0.3, 0.4) is 0 Å². The molecule has 1 aliphatic heterocycles. The van der Waals surface area contributed by atoms with Crippen LogP contribution < -0.4 is 5.32 Å². The van der Waals surface area contributed by atoms with Crippen LogP contribution in [0.25, 0.3) is 0 Å². The van der Waals surface area contributed by atoms with Crippen LogP contribution in [0.1, 0.15) is 58.8 Å². The zero-order valence-electron chi connectivity index (χ0n) is 14.5. The molecule has 0 radical (unpaired) electrons. The lowest BCUT2D eigenvalue weighted by Gasteiger charge is -2.43. The Balaban J connectivity index is 1.88. The number of rotatable bonds is 7. The summed E-state index contributed by atoms with van der Waals surface area (Å²) in [5, 5.41) is 3.70. The van der Waals surface area contributed by atoms with Crippen molar-refractivity contribution in [2.24, 2.45) is 11.3 Å². The third-order valence-electron chi connectivity index (χ3n) is 5.24. The Morgan fingerprint density at radius 2 is 1.95 bits per heavy atom. The van der Waals surface area contributed by atoms with Gasteiger partial charge in [-0.2, -0.15) is 0 Å². The van der Waals surface area contributed by atoms with Gasteiger partial charge in [0, 0.05) is 31.2 Å². The van der Waals surface area contributed by atoms with Crippen molar-refractivity contribution in [2.45, 2.75) is 64.8 Å². The number of hydrogen-bond donors (Lipinski definition) is 1. The molecule has 0 aromatic rings. The summed E-state index contributed by atoms with van der Waals surface area (Å²) in [7, 11) is 2.34. The predicted molar refractivity (Wildman–Crippen MR) is 89.7 cm³/mol. The van der Waals surface area contributed by atoms with E-state index in [1.807, 2.05) is 0 Å². The van der Waals surface area contributed by atoms with E-state index in [1.54, 1.807) is 0 Å². The minimum absolute atomic E-state index is 0.333. The molecule has 1 N–H and O–H groups in total. The first-order valence-electron chi connectivity index (χ1n) is 9.10. The molecule has 2 fully saturated rings. The third kappa shape index (κ3) is 5.54. The molecule has 0 aromatic heterocycles. The van der Waals surface area contributed by atoms with E-state index < -0.39 is 0 Å². The van der Waals surface area contributed by atoms with Crippen LogP contribution in [0, 0.1) is 11.3 Å². The molecule has 124 valence electrons. The van der Waals surface area contributed by atoms with Gasteiger partial charge in [0.15, 0.2) is 0 Å². The van der Waals surface area contributed by atoms with Gasteiger partial charge in [0.05, 0.1) is 6.61 Å². The first kappa shape index (κ1) is 17.2. The molecule has 2 rings (SSSR count). The molecule has 21 heavy (non-hydrogen) atoms. The molecule has 3 heteroatoms. The fourth-order valence-electron chi connectivity index (χ4n) is 4.04. The lowest BCUT2D eigenvalue weighted by molar-refractivity contribution is -0.0306. The highest BCUT2D eigenvalue weighted by atomic mass is 16.5. The van der Waals surface area contributed by atoms with Gasteiger partial charge in [-0.1, -0.05) is 33.1 Å². The lowest BCUT2D eigenvalue weighted by atomic mass is 9.80. The van der Waals surface area contributed by atoms with Crippen LogP contribution in [0.15, 0.2) is 0 Å². The molecule has 1 heterocycles. The van der Waals surface area contributed by atoms with Gasteiger partial charge in [-0.25, -0.2) is 0 Å². The number of ether oxygens (including phenoxy) is 1. The van der Waals surface area contributed by atoms with Crippen LogP contribution in [-0.2, 0) is 4.74 Å². The molecule has 1 saturated carbocycles. The summed E-state index contributed by atoms with van der Waals surface area (Å²) in [6, 6.07) is 0.808. The molecule has 2 aliphatic rings. The largest absolute Gasteiger partial charge is 0.381 e.